The highest BCUT2D eigenvalue weighted by atomic mass is 16.5. The summed E-state index contributed by atoms with van der Waals surface area (Å²) in [6.07, 6.45) is 15.0. The largest absolute Gasteiger partial charge is 0.481 e. The molecule has 124 valence electrons. The predicted octanol–water partition coefficient (Wildman–Crippen LogP) is 4.08. The summed E-state index contributed by atoms with van der Waals surface area (Å²) in [5.41, 5.74) is 2.50. The third-order valence-electron chi connectivity index (χ3n) is 3.61. The van der Waals surface area contributed by atoms with Crippen LogP contribution in [0.15, 0.2) is 43.0 Å². The van der Waals surface area contributed by atoms with E-state index in [1.165, 1.54) is 12.8 Å². The summed E-state index contributed by atoms with van der Waals surface area (Å²) in [5.74, 6) is 1.27. The zero-order valence-corrected chi connectivity index (χ0v) is 13.9. The maximum atomic E-state index is 5.08. The molecule has 0 saturated carbocycles. The van der Waals surface area contributed by atoms with E-state index < -0.39 is 0 Å². The van der Waals surface area contributed by atoms with Crippen molar-refractivity contribution in [3.63, 3.8) is 0 Å². The molecular formula is C18H21N5O. The molecule has 3 rings (SSSR count). The van der Waals surface area contributed by atoms with Crippen LogP contribution in [0.1, 0.15) is 31.9 Å². The van der Waals surface area contributed by atoms with Crippen molar-refractivity contribution in [2.24, 2.45) is 0 Å². The van der Waals surface area contributed by atoms with Gasteiger partial charge in [0.1, 0.15) is 0 Å². The van der Waals surface area contributed by atoms with Gasteiger partial charge in [-0.3, -0.25) is 0 Å². The number of nitrogens with one attached hydrogen (secondary N) is 1. The maximum absolute atomic E-state index is 5.08. The molecule has 6 nitrogen and oxygen atoms in total. The van der Waals surface area contributed by atoms with Crippen LogP contribution in [0.5, 0.6) is 5.88 Å². The van der Waals surface area contributed by atoms with E-state index in [0.717, 1.165) is 23.4 Å². The molecule has 3 heterocycles. The summed E-state index contributed by atoms with van der Waals surface area (Å²) in [5, 5.41) is 3.28. The molecule has 0 spiro atoms. The summed E-state index contributed by atoms with van der Waals surface area (Å²) in [6, 6.07) is 3.70. The van der Waals surface area contributed by atoms with Gasteiger partial charge in [-0.2, -0.15) is 0 Å². The molecule has 0 fully saturated rings. The Bertz CT molecular complexity index is 823. The fourth-order valence-corrected chi connectivity index (χ4v) is 2.35. The molecule has 0 amide bonds. The van der Waals surface area contributed by atoms with Crippen molar-refractivity contribution >= 4 is 23.2 Å². The lowest BCUT2D eigenvalue weighted by Gasteiger charge is -2.08. The summed E-state index contributed by atoms with van der Waals surface area (Å²) in [4.78, 5) is 13.2. The minimum atomic E-state index is 0.576. The number of pyridine rings is 1. The fraction of sp³-hybridized carbons (Fsp3) is 0.278. The Morgan fingerprint density at radius 3 is 2.96 bits per heavy atom. The smallest absolute Gasteiger partial charge is 0.213 e. The van der Waals surface area contributed by atoms with Gasteiger partial charge in [0.25, 0.3) is 0 Å². The van der Waals surface area contributed by atoms with Gasteiger partial charge in [-0.25, -0.2) is 15.0 Å². The average molecular weight is 323 g/mol. The minimum Gasteiger partial charge on any atom is -0.481 e. The number of allylic oxidation sites excluding steroid dienone is 1. The van der Waals surface area contributed by atoms with Crippen LogP contribution in [0, 0.1) is 0 Å². The highest BCUT2D eigenvalue weighted by Crippen LogP contribution is 2.20. The number of hydrogen-bond acceptors (Lipinski definition) is 5. The molecule has 0 unspecified atom stereocenters. The lowest BCUT2D eigenvalue weighted by Crippen LogP contribution is -2.00. The standard InChI is InChI=1S/C18H21N5O/c1-3-4-5-6-7-15-13-23-11-10-19-18(23)17(22-15)21-14-8-9-16(24-2)20-12-14/h6-13H,3-5H2,1-2H3,(H,21,22). The Morgan fingerprint density at radius 2 is 2.21 bits per heavy atom. The highest BCUT2D eigenvalue weighted by Gasteiger charge is 2.07. The van der Waals surface area contributed by atoms with Gasteiger partial charge in [-0.05, 0) is 18.6 Å². The summed E-state index contributed by atoms with van der Waals surface area (Å²) < 4.78 is 7.04. The number of nitrogens with zero attached hydrogens (tertiary/aromatic N) is 4. The number of fused-ring (bicyclic) bond motifs is 1. The molecule has 0 bridgehead atoms. The van der Waals surface area contributed by atoms with Crippen molar-refractivity contribution in [2.45, 2.75) is 26.2 Å². The average Bonchev–Trinajstić information content (AvgIpc) is 3.08. The summed E-state index contributed by atoms with van der Waals surface area (Å²) in [6.45, 7) is 2.19. The van der Waals surface area contributed by atoms with Crippen molar-refractivity contribution in [3.05, 3.63) is 48.7 Å². The molecule has 0 saturated heterocycles. The molecule has 3 aromatic rings. The monoisotopic (exact) mass is 323 g/mol. The summed E-state index contributed by atoms with van der Waals surface area (Å²) >= 11 is 0. The first kappa shape index (κ1) is 16.0. The molecular weight excluding hydrogens is 302 g/mol. The van der Waals surface area contributed by atoms with Gasteiger partial charge in [0.15, 0.2) is 11.5 Å². The highest BCUT2D eigenvalue weighted by molar-refractivity contribution is 5.71. The van der Waals surface area contributed by atoms with E-state index in [2.05, 4.69) is 33.3 Å². The normalized spacial score (nSPS) is 11.2. The lowest BCUT2D eigenvalue weighted by molar-refractivity contribution is 0.398. The Labute approximate surface area is 141 Å². The number of hydrogen-bond donors (Lipinski definition) is 1. The Hall–Kier alpha value is -2.89. The molecule has 0 radical (unpaired) electrons. The molecule has 0 aliphatic rings. The number of unbranched alkanes of at least 4 members (excludes halogenated alkanes) is 2. The van der Waals surface area contributed by atoms with Crippen LogP contribution in [0.25, 0.3) is 11.7 Å². The van der Waals surface area contributed by atoms with Crippen LogP contribution < -0.4 is 10.1 Å². The van der Waals surface area contributed by atoms with Gasteiger partial charge >= 0.3 is 0 Å². The van der Waals surface area contributed by atoms with Crippen molar-refractivity contribution in [1.82, 2.24) is 19.4 Å². The number of ether oxygens (including phenoxy) is 1. The molecule has 0 aliphatic carbocycles. The van der Waals surface area contributed by atoms with E-state index in [1.54, 1.807) is 25.6 Å². The van der Waals surface area contributed by atoms with Gasteiger partial charge in [-0.1, -0.05) is 25.8 Å². The SMILES string of the molecule is CCCCC=Cc1cn2ccnc2c(Nc2ccc(OC)nc2)n1. The number of rotatable bonds is 7. The van der Waals surface area contributed by atoms with Gasteiger partial charge in [-0.15, -0.1) is 0 Å². The first-order chi connectivity index (χ1) is 11.8. The number of imidazole rings is 1. The van der Waals surface area contributed by atoms with Crippen LogP contribution >= 0.6 is 0 Å². The van der Waals surface area contributed by atoms with Crippen LogP contribution in [0.3, 0.4) is 0 Å². The van der Waals surface area contributed by atoms with Crippen molar-refractivity contribution in [3.8, 4) is 5.88 Å². The van der Waals surface area contributed by atoms with Crippen LogP contribution in [-0.2, 0) is 0 Å². The quantitative estimate of drug-likeness (QED) is 0.664. The van der Waals surface area contributed by atoms with Gasteiger partial charge in [0.05, 0.1) is 24.7 Å². The van der Waals surface area contributed by atoms with E-state index >= 15 is 0 Å². The number of aromatic nitrogens is 4. The molecule has 0 aliphatic heterocycles. The molecule has 6 heteroatoms. The number of methoxy groups -OCH3 is 1. The van der Waals surface area contributed by atoms with E-state index in [4.69, 9.17) is 4.74 Å². The number of anilines is 2. The third kappa shape index (κ3) is 3.71. The van der Waals surface area contributed by atoms with Crippen LogP contribution in [0.2, 0.25) is 0 Å². The minimum absolute atomic E-state index is 0.576. The second-order valence-corrected chi connectivity index (χ2v) is 5.43. The molecule has 24 heavy (non-hydrogen) atoms. The second-order valence-electron chi connectivity index (χ2n) is 5.43. The zero-order valence-electron chi connectivity index (χ0n) is 13.9. The third-order valence-corrected chi connectivity index (χ3v) is 3.61. The molecule has 1 N–H and O–H groups in total. The fourth-order valence-electron chi connectivity index (χ4n) is 2.35. The molecule has 3 aromatic heterocycles. The van der Waals surface area contributed by atoms with Crippen molar-refractivity contribution in [1.29, 1.82) is 0 Å². The Morgan fingerprint density at radius 1 is 1.29 bits per heavy atom. The van der Waals surface area contributed by atoms with Crippen LogP contribution in [0.4, 0.5) is 11.5 Å². The predicted molar refractivity (Wildman–Crippen MR) is 95.6 cm³/mol. The first-order valence-electron chi connectivity index (χ1n) is 8.07. The zero-order chi connectivity index (χ0) is 16.8. The maximum Gasteiger partial charge on any atom is 0.213 e. The van der Waals surface area contributed by atoms with E-state index in [-0.39, 0.29) is 0 Å². The molecule has 0 aromatic carbocycles. The van der Waals surface area contributed by atoms with Gasteiger partial charge in [0, 0.05) is 24.7 Å². The van der Waals surface area contributed by atoms with Crippen LogP contribution in [-0.4, -0.2) is 26.5 Å². The van der Waals surface area contributed by atoms with Crippen molar-refractivity contribution < 1.29 is 4.74 Å². The lowest BCUT2D eigenvalue weighted by atomic mass is 10.2. The van der Waals surface area contributed by atoms with Crippen molar-refractivity contribution in [2.75, 3.05) is 12.4 Å². The van der Waals surface area contributed by atoms with E-state index in [1.807, 2.05) is 28.9 Å². The van der Waals surface area contributed by atoms with Gasteiger partial charge < -0.3 is 14.5 Å². The summed E-state index contributed by atoms with van der Waals surface area (Å²) in [7, 11) is 1.60. The molecule has 0 atom stereocenters. The Kier molecular flexibility index (Phi) is 5.05. The van der Waals surface area contributed by atoms with E-state index in [0.29, 0.717) is 11.7 Å². The first-order valence-corrected chi connectivity index (χ1v) is 8.07. The van der Waals surface area contributed by atoms with E-state index in [9.17, 15) is 0 Å². The van der Waals surface area contributed by atoms with Gasteiger partial charge in [0.2, 0.25) is 5.88 Å². The topological polar surface area (TPSA) is 64.3 Å². The Balaban J connectivity index is 1.87. The second kappa shape index (κ2) is 7.59.